The molecule has 2 amide bonds. The number of fused-ring (bicyclic) bond motifs is 1. The van der Waals surface area contributed by atoms with Gasteiger partial charge in [-0.15, -0.1) is 0 Å². The van der Waals surface area contributed by atoms with E-state index in [1.807, 2.05) is 49.5 Å². The van der Waals surface area contributed by atoms with E-state index >= 15 is 0 Å². The Morgan fingerprint density at radius 3 is 2.81 bits per heavy atom. The topological polar surface area (TPSA) is 64.3 Å². The molecule has 0 aliphatic rings. The second-order valence-corrected chi connectivity index (χ2v) is 7.47. The standard InChI is InChI=1S/C19H25N5OS/c1-14-21-17-5-4-15(10-18(17)22-14)11-20-19(25)24(8-7-23(2)3)12-16-6-9-26-13-16/h4-6,9-10,13H,7-8,11-12H2,1-3H3,(H,20,25)(H,21,22). The zero-order valence-corrected chi connectivity index (χ0v) is 16.3. The number of carbonyl (C=O) groups excluding carboxylic acids is 1. The van der Waals surface area contributed by atoms with Gasteiger partial charge in [-0.1, -0.05) is 6.07 Å². The molecule has 6 nitrogen and oxygen atoms in total. The van der Waals surface area contributed by atoms with Crippen LogP contribution in [0.3, 0.4) is 0 Å². The highest BCUT2D eigenvalue weighted by molar-refractivity contribution is 7.07. The van der Waals surface area contributed by atoms with Gasteiger partial charge in [0, 0.05) is 26.2 Å². The Balaban J connectivity index is 1.63. The second kappa shape index (κ2) is 8.33. The molecule has 2 N–H and O–H groups in total. The molecule has 138 valence electrons. The summed E-state index contributed by atoms with van der Waals surface area (Å²) in [7, 11) is 4.03. The summed E-state index contributed by atoms with van der Waals surface area (Å²) >= 11 is 1.65. The molecule has 0 saturated carbocycles. The molecule has 7 heteroatoms. The zero-order valence-electron chi connectivity index (χ0n) is 15.5. The molecule has 0 atom stereocenters. The van der Waals surface area contributed by atoms with Gasteiger partial charge >= 0.3 is 6.03 Å². The molecular weight excluding hydrogens is 346 g/mol. The SMILES string of the molecule is Cc1nc2ccc(CNC(=O)N(CCN(C)C)Cc3ccsc3)cc2[nH]1. The largest absolute Gasteiger partial charge is 0.342 e. The highest BCUT2D eigenvalue weighted by Gasteiger charge is 2.14. The van der Waals surface area contributed by atoms with Crippen molar-refractivity contribution >= 4 is 28.4 Å². The highest BCUT2D eigenvalue weighted by Crippen LogP contribution is 2.14. The van der Waals surface area contributed by atoms with Crippen molar-refractivity contribution in [2.24, 2.45) is 0 Å². The normalized spacial score (nSPS) is 11.2. The summed E-state index contributed by atoms with van der Waals surface area (Å²) < 4.78 is 0. The fourth-order valence-corrected chi connectivity index (χ4v) is 3.42. The van der Waals surface area contributed by atoms with Crippen molar-refractivity contribution in [1.82, 2.24) is 25.1 Å². The molecular formula is C19H25N5OS. The number of amides is 2. The third kappa shape index (κ3) is 4.83. The number of rotatable bonds is 7. The third-order valence-corrected chi connectivity index (χ3v) is 4.90. The molecule has 2 aromatic heterocycles. The van der Waals surface area contributed by atoms with Crippen LogP contribution in [0.1, 0.15) is 17.0 Å². The molecule has 0 bridgehead atoms. The van der Waals surface area contributed by atoms with Crippen molar-refractivity contribution in [3.8, 4) is 0 Å². The van der Waals surface area contributed by atoms with Crippen molar-refractivity contribution in [3.63, 3.8) is 0 Å². The number of thiophene rings is 1. The number of carbonyl (C=O) groups is 1. The molecule has 0 aliphatic heterocycles. The number of aromatic nitrogens is 2. The molecule has 0 radical (unpaired) electrons. The van der Waals surface area contributed by atoms with Crippen LogP contribution in [0.25, 0.3) is 11.0 Å². The average Bonchev–Trinajstić information content (AvgIpc) is 3.23. The number of aromatic amines is 1. The van der Waals surface area contributed by atoms with E-state index < -0.39 is 0 Å². The fourth-order valence-electron chi connectivity index (χ4n) is 2.76. The first-order chi connectivity index (χ1) is 12.5. The van der Waals surface area contributed by atoms with Crippen LogP contribution in [0.4, 0.5) is 4.79 Å². The summed E-state index contributed by atoms with van der Waals surface area (Å²) in [6.07, 6.45) is 0. The van der Waals surface area contributed by atoms with Crippen LogP contribution in [-0.2, 0) is 13.1 Å². The van der Waals surface area contributed by atoms with E-state index in [9.17, 15) is 4.79 Å². The fraction of sp³-hybridized carbons (Fsp3) is 0.368. The van der Waals surface area contributed by atoms with E-state index in [1.165, 1.54) is 5.56 Å². The quantitative estimate of drug-likeness (QED) is 0.670. The van der Waals surface area contributed by atoms with Gasteiger partial charge in [-0.2, -0.15) is 11.3 Å². The first kappa shape index (κ1) is 18.4. The third-order valence-electron chi connectivity index (χ3n) is 4.17. The molecule has 26 heavy (non-hydrogen) atoms. The number of H-pyrrole nitrogens is 1. The zero-order chi connectivity index (χ0) is 18.5. The van der Waals surface area contributed by atoms with E-state index in [-0.39, 0.29) is 6.03 Å². The molecule has 0 fully saturated rings. The van der Waals surface area contributed by atoms with Crippen LogP contribution in [0.2, 0.25) is 0 Å². The minimum absolute atomic E-state index is 0.0426. The van der Waals surface area contributed by atoms with Crippen molar-refractivity contribution in [2.75, 3.05) is 27.2 Å². The Hall–Kier alpha value is -2.38. The minimum atomic E-state index is -0.0426. The van der Waals surface area contributed by atoms with Crippen molar-refractivity contribution in [3.05, 3.63) is 52.0 Å². The lowest BCUT2D eigenvalue weighted by Crippen LogP contribution is -2.42. The van der Waals surface area contributed by atoms with Gasteiger partial charge in [0.1, 0.15) is 5.82 Å². The molecule has 0 spiro atoms. The summed E-state index contributed by atoms with van der Waals surface area (Å²) in [6, 6.07) is 8.05. The maximum atomic E-state index is 12.7. The number of urea groups is 1. The second-order valence-electron chi connectivity index (χ2n) is 6.69. The summed E-state index contributed by atoms with van der Waals surface area (Å²) in [5.74, 6) is 0.895. The number of hydrogen-bond acceptors (Lipinski definition) is 4. The van der Waals surface area contributed by atoms with E-state index in [2.05, 4.69) is 31.6 Å². The Bertz CT molecular complexity index is 856. The van der Waals surface area contributed by atoms with Gasteiger partial charge in [-0.3, -0.25) is 0 Å². The van der Waals surface area contributed by atoms with Crippen molar-refractivity contribution < 1.29 is 4.79 Å². The average molecular weight is 372 g/mol. The summed E-state index contributed by atoms with van der Waals surface area (Å²) in [5, 5.41) is 7.17. The van der Waals surface area contributed by atoms with E-state index in [4.69, 9.17) is 0 Å². The molecule has 0 unspecified atom stereocenters. The van der Waals surface area contributed by atoms with Gasteiger partial charge in [0.15, 0.2) is 0 Å². The number of hydrogen-bond donors (Lipinski definition) is 2. The Morgan fingerprint density at radius 1 is 1.23 bits per heavy atom. The van der Waals surface area contributed by atoms with Crippen LogP contribution in [0, 0.1) is 6.92 Å². The van der Waals surface area contributed by atoms with Gasteiger partial charge < -0.3 is 20.1 Å². The molecule has 3 rings (SSSR count). The number of imidazole rings is 1. The first-order valence-electron chi connectivity index (χ1n) is 8.65. The van der Waals surface area contributed by atoms with E-state index in [0.717, 1.165) is 29.0 Å². The number of nitrogens with one attached hydrogen (secondary N) is 2. The molecule has 2 heterocycles. The van der Waals surface area contributed by atoms with Crippen LogP contribution >= 0.6 is 11.3 Å². The Labute approximate surface area is 157 Å². The van der Waals surface area contributed by atoms with Gasteiger partial charge in [0.25, 0.3) is 0 Å². The number of benzene rings is 1. The van der Waals surface area contributed by atoms with Gasteiger partial charge in [0.2, 0.25) is 0 Å². The lowest BCUT2D eigenvalue weighted by molar-refractivity contribution is 0.188. The van der Waals surface area contributed by atoms with E-state index in [0.29, 0.717) is 19.6 Å². The lowest BCUT2D eigenvalue weighted by Gasteiger charge is -2.24. The molecule has 0 aliphatic carbocycles. The van der Waals surface area contributed by atoms with Crippen molar-refractivity contribution in [1.29, 1.82) is 0 Å². The highest BCUT2D eigenvalue weighted by atomic mass is 32.1. The van der Waals surface area contributed by atoms with Gasteiger partial charge in [-0.05, 0) is 61.1 Å². The van der Waals surface area contributed by atoms with Crippen molar-refractivity contribution in [2.45, 2.75) is 20.0 Å². The summed E-state index contributed by atoms with van der Waals surface area (Å²) in [4.78, 5) is 24.3. The maximum Gasteiger partial charge on any atom is 0.318 e. The van der Waals surface area contributed by atoms with Crippen LogP contribution in [-0.4, -0.2) is 53.0 Å². The predicted molar refractivity (Wildman–Crippen MR) is 106 cm³/mol. The molecule has 0 saturated heterocycles. The minimum Gasteiger partial charge on any atom is -0.342 e. The molecule has 1 aromatic carbocycles. The van der Waals surface area contributed by atoms with Gasteiger partial charge in [-0.25, -0.2) is 9.78 Å². The van der Waals surface area contributed by atoms with Gasteiger partial charge in [0.05, 0.1) is 11.0 Å². The van der Waals surface area contributed by atoms with Crippen LogP contribution < -0.4 is 5.32 Å². The molecule has 3 aromatic rings. The summed E-state index contributed by atoms with van der Waals surface area (Å²) in [5.41, 5.74) is 4.16. The first-order valence-corrected chi connectivity index (χ1v) is 9.59. The maximum absolute atomic E-state index is 12.7. The monoisotopic (exact) mass is 371 g/mol. The Morgan fingerprint density at radius 2 is 2.08 bits per heavy atom. The number of aryl methyl sites for hydroxylation is 1. The lowest BCUT2D eigenvalue weighted by atomic mass is 10.2. The number of nitrogens with zero attached hydrogens (tertiary/aromatic N) is 3. The number of likely N-dealkylation sites (N-methyl/N-ethyl adjacent to an activating group) is 1. The Kier molecular flexibility index (Phi) is 5.90. The van der Waals surface area contributed by atoms with Crippen LogP contribution in [0.15, 0.2) is 35.0 Å². The van der Waals surface area contributed by atoms with Crippen LogP contribution in [0.5, 0.6) is 0 Å². The predicted octanol–water partition coefficient (Wildman–Crippen LogP) is 3.21. The smallest absolute Gasteiger partial charge is 0.318 e. The van der Waals surface area contributed by atoms with E-state index in [1.54, 1.807) is 11.3 Å². The summed E-state index contributed by atoms with van der Waals surface area (Å²) in [6.45, 7) is 4.58.